The number of ether oxygens (including phenoxy) is 3. The van der Waals surface area contributed by atoms with Crippen LogP contribution in [0.25, 0.3) is 10.9 Å². The zero-order valence-corrected chi connectivity index (χ0v) is 16.0. The van der Waals surface area contributed by atoms with E-state index in [0.717, 1.165) is 5.39 Å². The fourth-order valence-electron chi connectivity index (χ4n) is 3.40. The second kappa shape index (κ2) is 7.84. The van der Waals surface area contributed by atoms with Gasteiger partial charge in [0.05, 0.1) is 30.5 Å². The number of esters is 1. The van der Waals surface area contributed by atoms with E-state index in [4.69, 9.17) is 14.2 Å². The van der Waals surface area contributed by atoms with Gasteiger partial charge in [0.15, 0.2) is 0 Å². The number of fused-ring (bicyclic) bond motifs is 2. The highest BCUT2D eigenvalue weighted by Crippen LogP contribution is 2.39. The van der Waals surface area contributed by atoms with Crippen LogP contribution in [0.4, 0.5) is 5.69 Å². The number of aromatic nitrogens is 2. The van der Waals surface area contributed by atoms with Crippen molar-refractivity contribution < 1.29 is 23.8 Å². The molecule has 1 atom stereocenters. The Kier molecular flexibility index (Phi) is 5.09. The molecule has 0 aliphatic carbocycles. The summed E-state index contributed by atoms with van der Waals surface area (Å²) in [5.74, 6) is -0.664. The van der Waals surface area contributed by atoms with Gasteiger partial charge < -0.3 is 19.5 Å². The number of amides is 1. The molecule has 4 rings (SSSR count). The number of nitrogens with zero attached hydrogens (tertiary/aromatic N) is 2. The zero-order valence-electron chi connectivity index (χ0n) is 16.0. The third-order valence-corrected chi connectivity index (χ3v) is 4.77. The minimum absolute atomic E-state index is 0.206. The molecule has 1 amide bonds. The van der Waals surface area contributed by atoms with E-state index >= 15 is 0 Å². The Morgan fingerprint density at radius 2 is 1.97 bits per heavy atom. The average Bonchev–Trinajstić information content (AvgIpc) is 3.07. The van der Waals surface area contributed by atoms with Crippen molar-refractivity contribution in [2.45, 2.75) is 5.92 Å². The second-order valence-electron chi connectivity index (χ2n) is 6.50. The third kappa shape index (κ3) is 3.50. The van der Waals surface area contributed by atoms with Crippen molar-refractivity contribution in [3.05, 3.63) is 59.5 Å². The fraction of sp³-hybridized carbons (Fsp3) is 0.238. The van der Waals surface area contributed by atoms with Gasteiger partial charge in [-0.1, -0.05) is 0 Å². The molecule has 8 nitrogen and oxygen atoms in total. The van der Waals surface area contributed by atoms with Crippen molar-refractivity contribution in [2.24, 2.45) is 0 Å². The van der Waals surface area contributed by atoms with Crippen LogP contribution in [-0.2, 0) is 14.3 Å². The van der Waals surface area contributed by atoms with Gasteiger partial charge in [-0.15, -0.1) is 0 Å². The first-order chi connectivity index (χ1) is 14.1. The number of carbonyl (C=O) groups is 2. The molecule has 29 heavy (non-hydrogen) atoms. The first-order valence-electron chi connectivity index (χ1n) is 9.02. The molecule has 1 aliphatic heterocycles. The first kappa shape index (κ1) is 18.8. The summed E-state index contributed by atoms with van der Waals surface area (Å²) < 4.78 is 15.4. The minimum Gasteiger partial charge on any atom is -0.491 e. The maximum Gasteiger partial charge on any atom is 0.337 e. The Hall–Kier alpha value is -3.52. The molecule has 1 aromatic heterocycles. The molecule has 148 valence electrons. The molecule has 1 unspecified atom stereocenters. The topological polar surface area (TPSA) is 99.6 Å². The standard InChI is InChI=1S/C21H19N3O5/c1-27-7-8-29-13-4-5-14-17(10-13)22-11-23-19(14)18-15-9-12(21(26)28-2)3-6-16(15)24-20(18)25/h3-6,9-11,18H,7-8H2,1-2H3,(H,24,25). The molecular formula is C21H19N3O5. The smallest absolute Gasteiger partial charge is 0.337 e. The van der Waals surface area contributed by atoms with E-state index in [1.54, 1.807) is 31.4 Å². The molecule has 8 heteroatoms. The van der Waals surface area contributed by atoms with Gasteiger partial charge in [-0.3, -0.25) is 4.79 Å². The summed E-state index contributed by atoms with van der Waals surface area (Å²) >= 11 is 0. The number of anilines is 1. The fourth-order valence-corrected chi connectivity index (χ4v) is 3.40. The van der Waals surface area contributed by atoms with Crippen LogP contribution in [0.15, 0.2) is 42.7 Å². The normalized spacial score (nSPS) is 15.1. The average molecular weight is 393 g/mol. The molecule has 0 saturated carbocycles. The summed E-state index contributed by atoms with van der Waals surface area (Å²) in [5, 5.41) is 3.59. The van der Waals surface area contributed by atoms with Crippen LogP contribution in [0.3, 0.4) is 0 Å². The van der Waals surface area contributed by atoms with Gasteiger partial charge in [0, 0.05) is 24.2 Å². The molecule has 1 N–H and O–H groups in total. The third-order valence-electron chi connectivity index (χ3n) is 4.77. The second-order valence-corrected chi connectivity index (χ2v) is 6.50. The van der Waals surface area contributed by atoms with Crippen LogP contribution in [0.1, 0.15) is 27.5 Å². The quantitative estimate of drug-likeness (QED) is 0.507. The van der Waals surface area contributed by atoms with E-state index in [2.05, 4.69) is 15.3 Å². The number of methoxy groups -OCH3 is 2. The monoisotopic (exact) mass is 393 g/mol. The molecular weight excluding hydrogens is 374 g/mol. The van der Waals surface area contributed by atoms with E-state index < -0.39 is 11.9 Å². The van der Waals surface area contributed by atoms with Gasteiger partial charge in [-0.25, -0.2) is 14.8 Å². The Balaban J connectivity index is 1.75. The number of hydrogen-bond acceptors (Lipinski definition) is 7. The SMILES string of the molecule is COCCOc1ccc2c(C3C(=O)Nc4ccc(C(=O)OC)cc43)ncnc2c1. The van der Waals surface area contributed by atoms with Crippen LogP contribution in [0.5, 0.6) is 5.75 Å². The molecule has 0 spiro atoms. The van der Waals surface area contributed by atoms with Crippen molar-refractivity contribution in [1.29, 1.82) is 0 Å². The van der Waals surface area contributed by atoms with E-state index in [9.17, 15) is 9.59 Å². The van der Waals surface area contributed by atoms with Crippen molar-refractivity contribution in [1.82, 2.24) is 9.97 Å². The van der Waals surface area contributed by atoms with Gasteiger partial charge in [-0.05, 0) is 35.9 Å². The van der Waals surface area contributed by atoms with Crippen LogP contribution >= 0.6 is 0 Å². The molecule has 0 bridgehead atoms. The maximum atomic E-state index is 12.7. The van der Waals surface area contributed by atoms with Gasteiger partial charge in [-0.2, -0.15) is 0 Å². The number of benzene rings is 2. The molecule has 3 aromatic rings. The number of hydrogen-bond donors (Lipinski definition) is 1. The summed E-state index contributed by atoms with van der Waals surface area (Å²) in [6.45, 7) is 0.906. The van der Waals surface area contributed by atoms with E-state index in [-0.39, 0.29) is 5.91 Å². The van der Waals surface area contributed by atoms with Crippen LogP contribution in [0.2, 0.25) is 0 Å². The van der Waals surface area contributed by atoms with Crippen molar-refractivity contribution in [3.63, 3.8) is 0 Å². The Labute approximate surface area is 166 Å². The van der Waals surface area contributed by atoms with Crippen molar-refractivity contribution >= 4 is 28.5 Å². The molecule has 0 radical (unpaired) electrons. The number of nitrogens with one attached hydrogen (secondary N) is 1. The molecule has 0 fully saturated rings. The lowest BCUT2D eigenvalue weighted by molar-refractivity contribution is -0.116. The van der Waals surface area contributed by atoms with Gasteiger partial charge >= 0.3 is 5.97 Å². The number of carbonyl (C=O) groups excluding carboxylic acids is 2. The minimum atomic E-state index is -0.652. The van der Waals surface area contributed by atoms with Gasteiger partial charge in [0.2, 0.25) is 5.91 Å². The summed E-state index contributed by atoms with van der Waals surface area (Å²) in [4.78, 5) is 33.4. The Bertz CT molecular complexity index is 1100. The van der Waals surface area contributed by atoms with E-state index in [1.165, 1.54) is 13.4 Å². The highest BCUT2D eigenvalue weighted by molar-refractivity contribution is 6.07. The van der Waals surface area contributed by atoms with Crippen molar-refractivity contribution in [3.8, 4) is 5.75 Å². The lowest BCUT2D eigenvalue weighted by atomic mass is 9.93. The summed E-state index contributed by atoms with van der Waals surface area (Å²) in [5.41, 5.74) is 2.93. The largest absolute Gasteiger partial charge is 0.491 e. The molecule has 0 saturated heterocycles. The van der Waals surface area contributed by atoms with E-state index in [0.29, 0.717) is 47.0 Å². The predicted molar refractivity (Wildman–Crippen MR) is 105 cm³/mol. The maximum absolute atomic E-state index is 12.7. The molecule has 1 aliphatic rings. The summed E-state index contributed by atoms with van der Waals surface area (Å²) in [7, 11) is 2.93. The van der Waals surface area contributed by atoms with Crippen LogP contribution in [0, 0.1) is 0 Å². The van der Waals surface area contributed by atoms with Crippen LogP contribution in [-0.4, -0.2) is 49.3 Å². The summed E-state index contributed by atoms with van der Waals surface area (Å²) in [6, 6.07) is 10.4. The highest BCUT2D eigenvalue weighted by atomic mass is 16.5. The van der Waals surface area contributed by atoms with E-state index in [1.807, 2.05) is 12.1 Å². The summed E-state index contributed by atoms with van der Waals surface area (Å²) in [6.07, 6.45) is 1.42. The number of rotatable bonds is 6. The highest BCUT2D eigenvalue weighted by Gasteiger charge is 2.35. The lowest BCUT2D eigenvalue weighted by Gasteiger charge is -2.13. The molecule has 2 heterocycles. The Morgan fingerprint density at radius 3 is 2.76 bits per heavy atom. The molecule has 2 aromatic carbocycles. The Morgan fingerprint density at radius 1 is 1.10 bits per heavy atom. The van der Waals surface area contributed by atoms with Crippen LogP contribution < -0.4 is 10.1 Å². The van der Waals surface area contributed by atoms with Gasteiger partial charge in [0.1, 0.15) is 24.6 Å². The van der Waals surface area contributed by atoms with Gasteiger partial charge in [0.25, 0.3) is 0 Å². The first-order valence-corrected chi connectivity index (χ1v) is 9.02. The van der Waals surface area contributed by atoms with Crippen molar-refractivity contribution in [2.75, 3.05) is 32.8 Å². The lowest BCUT2D eigenvalue weighted by Crippen LogP contribution is -2.15. The predicted octanol–water partition coefficient (Wildman–Crippen LogP) is 2.53. The zero-order chi connectivity index (χ0) is 20.4.